The number of carbonyl (C=O) groups is 1. The van der Waals surface area contributed by atoms with Crippen molar-refractivity contribution < 1.29 is 4.79 Å². The summed E-state index contributed by atoms with van der Waals surface area (Å²) in [5.41, 5.74) is 0.891. The van der Waals surface area contributed by atoms with Gasteiger partial charge in [0.25, 0.3) is 0 Å². The van der Waals surface area contributed by atoms with Gasteiger partial charge in [0, 0.05) is 12.6 Å². The van der Waals surface area contributed by atoms with Crippen molar-refractivity contribution in [3.63, 3.8) is 0 Å². The fourth-order valence-corrected chi connectivity index (χ4v) is 1.53. The van der Waals surface area contributed by atoms with Crippen molar-refractivity contribution >= 4 is 17.6 Å². The zero-order valence-electron chi connectivity index (χ0n) is 7.70. The highest BCUT2D eigenvalue weighted by Gasteiger charge is 2.10. The maximum atomic E-state index is 10.2. The lowest BCUT2D eigenvalue weighted by atomic mass is 10.2. The van der Waals surface area contributed by atoms with Gasteiger partial charge in [0.1, 0.15) is 0 Å². The zero-order chi connectivity index (χ0) is 8.85. The third kappa shape index (κ3) is 5.27. The van der Waals surface area contributed by atoms with Crippen LogP contribution in [-0.2, 0) is 4.79 Å². The first-order chi connectivity index (χ1) is 5.07. The Morgan fingerprint density at radius 3 is 2.18 bits per heavy atom. The smallest absolute Gasteiger partial charge is 0.191 e. The van der Waals surface area contributed by atoms with Crippen LogP contribution in [0.2, 0.25) is 0 Å². The second kappa shape index (κ2) is 5.61. The molecule has 0 saturated heterocycles. The van der Waals surface area contributed by atoms with E-state index in [2.05, 4.69) is 32.0 Å². The van der Waals surface area contributed by atoms with Gasteiger partial charge in [-0.15, -0.1) is 0 Å². The minimum absolute atomic E-state index is 0.438. The molecule has 0 N–H and O–H groups in total. The van der Waals surface area contributed by atoms with E-state index in [9.17, 15) is 4.79 Å². The molecule has 0 spiro atoms. The standard InChI is InChI=1S/C8H17NOS/c1-7(2)5-9(8(3)4)11-6-10/h6-8H,5H2,1-4H3. The van der Waals surface area contributed by atoms with E-state index >= 15 is 0 Å². The predicted octanol–water partition coefficient (Wildman–Crippen LogP) is 2.19. The van der Waals surface area contributed by atoms with Gasteiger partial charge in [-0.25, -0.2) is 4.31 Å². The monoisotopic (exact) mass is 175 g/mol. The molecule has 0 fully saturated rings. The van der Waals surface area contributed by atoms with Gasteiger partial charge in [-0.2, -0.15) is 0 Å². The van der Waals surface area contributed by atoms with Gasteiger partial charge in [0.15, 0.2) is 5.62 Å². The number of rotatable bonds is 5. The molecule has 0 aromatic carbocycles. The van der Waals surface area contributed by atoms with E-state index in [1.54, 1.807) is 0 Å². The molecule has 0 aliphatic carbocycles. The van der Waals surface area contributed by atoms with E-state index < -0.39 is 0 Å². The molecular weight excluding hydrogens is 158 g/mol. The SMILES string of the molecule is CC(C)CN(SC=O)C(C)C. The van der Waals surface area contributed by atoms with E-state index in [1.165, 1.54) is 11.9 Å². The highest BCUT2D eigenvalue weighted by Crippen LogP contribution is 2.13. The molecule has 0 atom stereocenters. The lowest BCUT2D eigenvalue weighted by Gasteiger charge is -2.23. The molecular formula is C8H17NOS. The van der Waals surface area contributed by atoms with Crippen LogP contribution < -0.4 is 0 Å². The first kappa shape index (κ1) is 11.0. The molecule has 0 aromatic heterocycles. The van der Waals surface area contributed by atoms with Crippen molar-refractivity contribution in [2.24, 2.45) is 5.92 Å². The Labute approximate surface area is 73.5 Å². The molecule has 11 heavy (non-hydrogen) atoms. The molecule has 0 aliphatic rings. The molecule has 3 heteroatoms. The summed E-state index contributed by atoms with van der Waals surface area (Å²) in [4.78, 5) is 10.2. The minimum atomic E-state index is 0.438. The van der Waals surface area contributed by atoms with Gasteiger partial charge < -0.3 is 0 Å². The van der Waals surface area contributed by atoms with Gasteiger partial charge in [-0.3, -0.25) is 4.79 Å². The number of hydrogen-bond acceptors (Lipinski definition) is 3. The van der Waals surface area contributed by atoms with Gasteiger partial charge in [0.2, 0.25) is 0 Å². The fourth-order valence-electron chi connectivity index (χ4n) is 0.791. The third-order valence-corrected chi connectivity index (χ3v) is 2.23. The van der Waals surface area contributed by atoms with Crippen LogP contribution >= 0.6 is 11.9 Å². The Hall–Kier alpha value is -0.0200. The van der Waals surface area contributed by atoms with Gasteiger partial charge in [-0.1, -0.05) is 13.8 Å². The maximum absolute atomic E-state index is 10.2. The van der Waals surface area contributed by atoms with Crippen LogP contribution in [0.5, 0.6) is 0 Å². The molecule has 0 bridgehead atoms. The molecule has 0 aromatic rings. The Kier molecular flexibility index (Phi) is 5.60. The summed E-state index contributed by atoms with van der Waals surface area (Å²) in [6.45, 7) is 9.47. The summed E-state index contributed by atoms with van der Waals surface area (Å²) in [7, 11) is 0. The van der Waals surface area contributed by atoms with E-state index in [4.69, 9.17) is 0 Å². The summed E-state index contributed by atoms with van der Waals surface area (Å²) >= 11 is 1.27. The van der Waals surface area contributed by atoms with Crippen LogP contribution in [0.3, 0.4) is 0 Å². The average Bonchev–Trinajstić information content (AvgIpc) is 1.86. The first-order valence-electron chi connectivity index (χ1n) is 3.95. The molecule has 0 saturated carbocycles. The highest BCUT2D eigenvalue weighted by atomic mass is 32.2. The summed E-state index contributed by atoms with van der Waals surface area (Å²) < 4.78 is 2.09. The molecule has 0 radical (unpaired) electrons. The van der Waals surface area contributed by atoms with E-state index in [1.807, 2.05) is 0 Å². The molecule has 0 rings (SSSR count). The Bertz CT molecular complexity index is 115. The second-order valence-corrected chi connectivity index (χ2v) is 4.16. The van der Waals surface area contributed by atoms with Crippen molar-refractivity contribution in [2.75, 3.05) is 6.54 Å². The molecule has 0 heterocycles. The average molecular weight is 175 g/mol. The second-order valence-electron chi connectivity index (χ2n) is 3.29. The molecule has 0 amide bonds. The maximum Gasteiger partial charge on any atom is 0.191 e. The Balaban J connectivity index is 3.78. The topological polar surface area (TPSA) is 20.3 Å². The third-order valence-electron chi connectivity index (χ3n) is 1.30. The van der Waals surface area contributed by atoms with Gasteiger partial charge in [-0.05, 0) is 31.7 Å². The van der Waals surface area contributed by atoms with Crippen molar-refractivity contribution in [1.29, 1.82) is 0 Å². The Morgan fingerprint density at radius 1 is 1.36 bits per heavy atom. The normalized spacial score (nSPS) is 11.5. The largest absolute Gasteiger partial charge is 0.290 e. The van der Waals surface area contributed by atoms with Crippen LogP contribution in [0.4, 0.5) is 0 Å². The number of carbonyl (C=O) groups excluding carboxylic acids is 1. The van der Waals surface area contributed by atoms with Crippen LogP contribution in [-0.4, -0.2) is 22.5 Å². The van der Waals surface area contributed by atoms with E-state index in [0.717, 1.165) is 12.2 Å². The highest BCUT2D eigenvalue weighted by molar-refractivity contribution is 8.09. The summed E-state index contributed by atoms with van der Waals surface area (Å²) in [6, 6.07) is 0.438. The summed E-state index contributed by atoms with van der Waals surface area (Å²) in [6.07, 6.45) is 0. The lowest BCUT2D eigenvalue weighted by Crippen LogP contribution is -2.27. The predicted molar refractivity (Wildman–Crippen MR) is 51.0 cm³/mol. The van der Waals surface area contributed by atoms with Crippen molar-refractivity contribution in [3.8, 4) is 0 Å². The van der Waals surface area contributed by atoms with Gasteiger partial charge >= 0.3 is 0 Å². The van der Waals surface area contributed by atoms with Gasteiger partial charge in [0.05, 0.1) is 0 Å². The van der Waals surface area contributed by atoms with E-state index in [0.29, 0.717) is 12.0 Å². The van der Waals surface area contributed by atoms with Crippen LogP contribution in [0.25, 0.3) is 0 Å². The fraction of sp³-hybridized carbons (Fsp3) is 0.875. The number of hydrogen-bond donors (Lipinski definition) is 0. The lowest BCUT2D eigenvalue weighted by molar-refractivity contribution is 0.353. The zero-order valence-corrected chi connectivity index (χ0v) is 8.52. The Morgan fingerprint density at radius 2 is 1.91 bits per heavy atom. The summed E-state index contributed by atoms with van der Waals surface area (Å²) in [5, 5.41) is 0. The van der Waals surface area contributed by atoms with Crippen LogP contribution in [0, 0.1) is 5.92 Å². The quantitative estimate of drug-likeness (QED) is 0.472. The van der Waals surface area contributed by atoms with Crippen molar-refractivity contribution in [2.45, 2.75) is 33.7 Å². The van der Waals surface area contributed by atoms with Crippen LogP contribution in [0.1, 0.15) is 27.7 Å². The van der Waals surface area contributed by atoms with Crippen molar-refractivity contribution in [3.05, 3.63) is 0 Å². The molecule has 0 aliphatic heterocycles. The molecule has 2 nitrogen and oxygen atoms in total. The van der Waals surface area contributed by atoms with Crippen LogP contribution in [0.15, 0.2) is 0 Å². The van der Waals surface area contributed by atoms with Crippen molar-refractivity contribution in [1.82, 2.24) is 4.31 Å². The van der Waals surface area contributed by atoms with E-state index in [-0.39, 0.29) is 0 Å². The molecule has 0 unspecified atom stereocenters. The first-order valence-corrected chi connectivity index (χ1v) is 4.78. The molecule has 66 valence electrons. The summed E-state index contributed by atoms with van der Waals surface area (Å²) in [5.74, 6) is 0.616. The number of nitrogens with zero attached hydrogens (tertiary/aromatic N) is 1. The minimum Gasteiger partial charge on any atom is -0.290 e.